The molecule has 3 aromatic carbocycles. The van der Waals surface area contributed by atoms with E-state index in [0.29, 0.717) is 28.6 Å². The van der Waals surface area contributed by atoms with Gasteiger partial charge in [0.1, 0.15) is 21.1 Å². The summed E-state index contributed by atoms with van der Waals surface area (Å²) in [5.74, 6) is 0.485. The van der Waals surface area contributed by atoms with Crippen LogP contribution < -0.4 is 13.7 Å². The number of pyridine rings is 6. The number of aryl methyl sites for hydroxylation is 11. The summed E-state index contributed by atoms with van der Waals surface area (Å²) in [6, 6.07) is 30.8. The van der Waals surface area contributed by atoms with Crippen LogP contribution in [0, 0.1) is 55.3 Å². The van der Waals surface area contributed by atoms with Gasteiger partial charge in [-0.3, -0.25) is 0 Å². The van der Waals surface area contributed by atoms with E-state index in [4.69, 9.17) is 17.4 Å². The minimum atomic E-state index is -2.12. The second kappa shape index (κ2) is 18.4. The predicted octanol–water partition coefficient (Wildman–Crippen LogP) is 14.0. The number of rotatable bonds is 4. The van der Waals surface area contributed by atoms with Crippen LogP contribution in [0.5, 0.6) is 0 Å². The van der Waals surface area contributed by atoms with E-state index in [1.54, 1.807) is 30.9 Å². The molecule has 0 amide bonds. The fourth-order valence-electron chi connectivity index (χ4n) is 10.2. The summed E-state index contributed by atoms with van der Waals surface area (Å²) in [6.45, 7) is 17.2. The van der Waals surface area contributed by atoms with Crippen LogP contribution in [0.4, 0.5) is 0 Å². The summed E-state index contributed by atoms with van der Waals surface area (Å²) >= 11 is 0. The molecular weight excluding hydrogens is 877 g/mol. The van der Waals surface area contributed by atoms with Crippen molar-refractivity contribution in [2.45, 2.75) is 75.1 Å². The molecule has 12 aromatic rings. The average molecular weight is 941 g/mol. The standard InChI is InChI=1S/C22H23N2O.C21H21N2O.C19H17N2O/c1-13(2)16-8-10-24(5)18(12-16)20-15(4)11-14(3)19-17-7-6-9-23-22(17)25-21(19)20;1-12-10-17(23(5)11-15(12)4)19-14(3)9-13(2)18-16-7-6-8-22-21(16)24-20(18)19;1-12-6-9-16(21(3)11-12)17-13(2)7-8-14-15-5-4-10-20-19(15)22-18(14)17/h6-13H,1-5H3;6-11H,1-5H3;4-11H,1-3H3/q3*+1/i;;1D3. The van der Waals surface area contributed by atoms with Gasteiger partial charge < -0.3 is 13.3 Å². The Morgan fingerprint density at radius 2 is 0.972 bits per heavy atom. The fourth-order valence-corrected chi connectivity index (χ4v) is 10.2. The zero-order chi connectivity index (χ0) is 52.5. The maximum atomic E-state index is 7.58. The highest BCUT2D eigenvalue weighted by Gasteiger charge is 2.26. The van der Waals surface area contributed by atoms with E-state index in [1.807, 2.05) is 54.9 Å². The molecule has 9 aromatic heterocycles. The summed E-state index contributed by atoms with van der Waals surface area (Å²) in [5.41, 5.74) is 21.3. The Balaban J connectivity index is 0.000000127. The summed E-state index contributed by atoms with van der Waals surface area (Å²) in [6.07, 6.45) is 11.2. The number of benzene rings is 3. The lowest BCUT2D eigenvalue weighted by Crippen LogP contribution is -2.31. The minimum Gasteiger partial charge on any atom is -0.437 e. The van der Waals surface area contributed by atoms with Gasteiger partial charge in [0, 0.05) is 90.4 Å². The summed E-state index contributed by atoms with van der Waals surface area (Å²) in [4.78, 5) is 13.1. The van der Waals surface area contributed by atoms with Crippen LogP contribution in [0.25, 0.3) is 100.0 Å². The SMILES string of the molecule is Cc1cc(-c2c(C)cc(C)c3c2oc2ncccc23)[n+](C)cc1C.Cc1cc(C)c2c(oc3ncccc32)c1-c1cc(C(C)C)cc[n+]1C.[2H]C([2H])([2H])c1ccc(-c2c(C)ccc3c2oc2ncccc23)[n+](C)c1. The lowest BCUT2D eigenvalue weighted by molar-refractivity contribution is -0.660. The zero-order valence-electron chi connectivity index (χ0n) is 45.6. The van der Waals surface area contributed by atoms with Crippen molar-refractivity contribution >= 4 is 66.2 Å². The molecule has 354 valence electrons. The first kappa shape index (κ1) is 43.0. The Bertz CT molecular complexity index is 4180. The van der Waals surface area contributed by atoms with E-state index in [9.17, 15) is 0 Å². The zero-order valence-corrected chi connectivity index (χ0v) is 42.6. The molecular formula is C62H61N6O3+3. The van der Waals surface area contributed by atoms with Crippen LogP contribution >= 0.6 is 0 Å². The van der Waals surface area contributed by atoms with E-state index in [2.05, 4.69) is 154 Å². The first-order chi connectivity index (χ1) is 35.3. The smallest absolute Gasteiger partial charge is 0.227 e. The van der Waals surface area contributed by atoms with Gasteiger partial charge in [-0.05, 0) is 143 Å². The molecule has 0 spiro atoms. The molecule has 0 unspecified atom stereocenters. The van der Waals surface area contributed by atoms with Gasteiger partial charge in [-0.15, -0.1) is 0 Å². The van der Waals surface area contributed by atoms with Gasteiger partial charge >= 0.3 is 0 Å². The maximum absolute atomic E-state index is 7.58. The van der Waals surface area contributed by atoms with E-state index in [-0.39, 0.29) is 0 Å². The number of fused-ring (bicyclic) bond motifs is 9. The number of nitrogens with zero attached hydrogens (tertiary/aromatic N) is 6. The molecule has 0 atom stereocenters. The first-order valence-electron chi connectivity index (χ1n) is 25.6. The quantitative estimate of drug-likeness (QED) is 0.163. The van der Waals surface area contributed by atoms with Crippen molar-refractivity contribution in [3.8, 4) is 33.8 Å². The second-order valence-electron chi connectivity index (χ2n) is 19.3. The Labute approximate surface area is 418 Å². The first-order valence-corrected chi connectivity index (χ1v) is 24.1. The lowest BCUT2D eigenvalue weighted by atomic mass is 9.95. The average Bonchev–Trinajstić information content (AvgIpc) is 4.06. The van der Waals surface area contributed by atoms with Crippen molar-refractivity contribution in [2.75, 3.05) is 0 Å². The highest BCUT2D eigenvalue weighted by Crippen LogP contribution is 2.41. The highest BCUT2D eigenvalue weighted by atomic mass is 16.3. The van der Waals surface area contributed by atoms with Crippen LogP contribution in [0.2, 0.25) is 0 Å². The molecule has 9 heterocycles. The van der Waals surface area contributed by atoms with E-state index in [0.717, 1.165) is 71.6 Å². The van der Waals surface area contributed by atoms with Crippen LogP contribution in [0.3, 0.4) is 0 Å². The molecule has 0 aliphatic heterocycles. The van der Waals surface area contributed by atoms with Crippen LogP contribution in [0.15, 0.2) is 141 Å². The van der Waals surface area contributed by atoms with E-state index in [1.165, 1.54) is 55.7 Å². The summed E-state index contributed by atoms with van der Waals surface area (Å²) in [7, 11) is 6.03. The Hall–Kier alpha value is -8.04. The fraction of sp³-hybridized carbons (Fsp3) is 0.226. The topological polar surface area (TPSA) is 89.7 Å². The van der Waals surface area contributed by atoms with Crippen LogP contribution in [0.1, 0.15) is 73.9 Å². The van der Waals surface area contributed by atoms with Gasteiger partial charge in [0.15, 0.2) is 35.3 Å². The molecule has 0 saturated heterocycles. The number of hydrogen-bond donors (Lipinski definition) is 0. The largest absolute Gasteiger partial charge is 0.437 e. The monoisotopic (exact) mass is 940 g/mol. The van der Waals surface area contributed by atoms with Gasteiger partial charge in [-0.1, -0.05) is 38.1 Å². The second-order valence-corrected chi connectivity index (χ2v) is 19.3. The highest BCUT2D eigenvalue weighted by molar-refractivity contribution is 6.12. The Kier molecular flexibility index (Phi) is 11.1. The number of hydrogen-bond acceptors (Lipinski definition) is 6. The molecule has 0 aliphatic carbocycles. The molecule has 9 nitrogen and oxygen atoms in total. The molecule has 0 aliphatic rings. The van der Waals surface area contributed by atoms with Crippen molar-refractivity contribution in [3.05, 3.63) is 178 Å². The van der Waals surface area contributed by atoms with E-state index < -0.39 is 6.85 Å². The lowest BCUT2D eigenvalue weighted by Gasteiger charge is -2.10. The predicted molar refractivity (Wildman–Crippen MR) is 286 cm³/mol. The van der Waals surface area contributed by atoms with Gasteiger partial charge in [-0.25, -0.2) is 28.7 Å². The molecule has 71 heavy (non-hydrogen) atoms. The molecule has 9 heteroatoms. The van der Waals surface area contributed by atoms with Gasteiger partial charge in [-0.2, -0.15) is 0 Å². The maximum Gasteiger partial charge on any atom is 0.227 e. The third kappa shape index (κ3) is 8.29. The Morgan fingerprint density at radius 3 is 1.54 bits per heavy atom. The van der Waals surface area contributed by atoms with Gasteiger partial charge in [0.2, 0.25) is 34.2 Å². The van der Waals surface area contributed by atoms with Crippen molar-refractivity contribution in [2.24, 2.45) is 21.1 Å². The molecule has 0 fully saturated rings. The Morgan fingerprint density at radius 1 is 0.451 bits per heavy atom. The normalized spacial score (nSPS) is 12.4. The van der Waals surface area contributed by atoms with E-state index >= 15 is 0 Å². The summed E-state index contributed by atoms with van der Waals surface area (Å²) < 4.78 is 47.4. The number of furan rings is 3. The summed E-state index contributed by atoms with van der Waals surface area (Å²) in [5, 5.41) is 6.47. The van der Waals surface area contributed by atoms with Gasteiger partial charge in [0.25, 0.3) is 0 Å². The van der Waals surface area contributed by atoms with Crippen molar-refractivity contribution in [1.29, 1.82) is 0 Å². The molecule has 0 bridgehead atoms. The molecule has 0 saturated carbocycles. The van der Waals surface area contributed by atoms with Crippen LogP contribution in [-0.4, -0.2) is 15.0 Å². The number of aromatic nitrogens is 6. The molecule has 0 radical (unpaired) electrons. The molecule has 12 rings (SSSR count). The van der Waals surface area contributed by atoms with Crippen molar-refractivity contribution in [3.63, 3.8) is 0 Å². The molecule has 0 N–H and O–H groups in total. The van der Waals surface area contributed by atoms with Crippen LogP contribution in [-0.2, 0) is 21.1 Å². The van der Waals surface area contributed by atoms with Crippen molar-refractivity contribution < 1.29 is 31.1 Å². The van der Waals surface area contributed by atoms with Gasteiger partial charge in [0.05, 0.1) is 16.7 Å². The third-order valence-corrected chi connectivity index (χ3v) is 13.9. The third-order valence-electron chi connectivity index (χ3n) is 13.9. The van der Waals surface area contributed by atoms with Crippen molar-refractivity contribution in [1.82, 2.24) is 15.0 Å². The minimum absolute atomic E-state index is 0.315.